The van der Waals surface area contributed by atoms with Gasteiger partial charge < -0.3 is 25.2 Å². The molecule has 2 bridgehead atoms. The number of esters is 1. The Hall–Kier alpha value is -3.64. The van der Waals surface area contributed by atoms with Crippen LogP contribution < -0.4 is 10.6 Å². The highest BCUT2D eigenvalue weighted by atomic mass is 32.1. The second kappa shape index (κ2) is 13.4. The van der Waals surface area contributed by atoms with Gasteiger partial charge in [-0.3, -0.25) is 19.2 Å². The normalized spacial score (nSPS) is 24.7. The average molecular weight is 636 g/mol. The van der Waals surface area contributed by atoms with Gasteiger partial charge in [0.25, 0.3) is 5.91 Å². The van der Waals surface area contributed by atoms with E-state index in [9.17, 15) is 24.0 Å². The zero-order valence-corrected chi connectivity index (χ0v) is 26.6. The molecule has 1 aliphatic carbocycles. The number of fused-ring (bicyclic) bond motifs is 3. The van der Waals surface area contributed by atoms with Gasteiger partial charge in [0.05, 0.1) is 18.6 Å². The van der Waals surface area contributed by atoms with Gasteiger partial charge in [-0.1, -0.05) is 31.4 Å². The van der Waals surface area contributed by atoms with Crippen LogP contribution in [-0.4, -0.2) is 88.6 Å². The van der Waals surface area contributed by atoms with Gasteiger partial charge in [-0.2, -0.15) is 0 Å². The number of piperidine rings is 1. The van der Waals surface area contributed by atoms with Gasteiger partial charge in [-0.25, -0.2) is 9.78 Å². The Bertz CT molecular complexity index is 1470. The summed E-state index contributed by atoms with van der Waals surface area (Å²) in [5.74, 6) is -1.14. The Morgan fingerprint density at radius 3 is 2.49 bits per heavy atom. The number of ether oxygens (including phenoxy) is 1. The van der Waals surface area contributed by atoms with Crippen molar-refractivity contribution in [2.45, 2.75) is 95.0 Å². The molecule has 5 atom stereocenters. The van der Waals surface area contributed by atoms with E-state index in [2.05, 4.69) is 10.6 Å². The number of aromatic nitrogens is 1. The highest BCUT2D eigenvalue weighted by molar-refractivity contribution is 7.10. The predicted molar refractivity (Wildman–Crippen MR) is 167 cm³/mol. The van der Waals surface area contributed by atoms with E-state index >= 15 is 0 Å². The molecule has 12 heteroatoms. The molecule has 0 radical (unpaired) electrons. The smallest absolute Gasteiger partial charge is 0.329 e. The number of carbonyl (C=O) groups excluding carboxylic acids is 5. The molecule has 1 aromatic heterocycles. The van der Waals surface area contributed by atoms with Gasteiger partial charge in [-0.05, 0) is 70.5 Å². The van der Waals surface area contributed by atoms with Gasteiger partial charge >= 0.3 is 5.97 Å². The summed E-state index contributed by atoms with van der Waals surface area (Å²) in [6.45, 7) is 2.71. The molecule has 5 aliphatic rings. The second-order valence-electron chi connectivity index (χ2n) is 12.7. The largest absolute Gasteiger partial charge is 0.459 e. The summed E-state index contributed by atoms with van der Waals surface area (Å²) in [5, 5.41) is 8.42. The lowest BCUT2D eigenvalue weighted by Crippen LogP contribution is -2.59. The van der Waals surface area contributed by atoms with Gasteiger partial charge in [0.2, 0.25) is 17.6 Å². The van der Waals surface area contributed by atoms with Gasteiger partial charge in [0, 0.05) is 23.1 Å². The Kier molecular flexibility index (Phi) is 9.32. The first-order chi connectivity index (χ1) is 21.7. The first-order valence-electron chi connectivity index (χ1n) is 16.1. The number of likely N-dealkylation sites (N-methyl/N-ethyl adjacent to an activating group) is 1. The first-order valence-corrected chi connectivity index (χ1v) is 17.0. The standard InChI is InChI=1S/C33H41N5O6S/c1-19(34-2)29(40)36-27(20-8-4-3-5-9-20)32(42)37-15-7-12-25(37)30-35-24(18-45-30)28(39)21-10-6-11-22(16-21)31(41)38-17-23-13-14-26(38)33(43)44-23/h6,10-11,16,18-20,23,25-27,34H,3-5,7-9,12-15,17H2,1-2H3,(H,36,40)/t19-,23?,25-,26?,27-/m0/s1. The Balaban J connectivity index is 1.17. The lowest BCUT2D eigenvalue weighted by Gasteiger charge is -2.43. The van der Waals surface area contributed by atoms with Crippen LogP contribution >= 0.6 is 11.3 Å². The number of nitrogens with zero attached hydrogens (tertiary/aromatic N) is 3. The number of thiazole rings is 1. The summed E-state index contributed by atoms with van der Waals surface area (Å²) in [6, 6.07) is 4.68. The molecule has 5 heterocycles. The number of amides is 3. The van der Waals surface area contributed by atoms with Crippen molar-refractivity contribution in [1.29, 1.82) is 0 Å². The molecule has 7 rings (SSSR count). The lowest BCUT2D eigenvalue weighted by molar-refractivity contribution is -0.172. The van der Waals surface area contributed by atoms with Crippen molar-refractivity contribution >= 4 is 40.8 Å². The molecule has 1 saturated carbocycles. The molecular formula is C33H41N5O6S. The zero-order valence-electron chi connectivity index (χ0n) is 25.8. The van der Waals surface area contributed by atoms with E-state index < -0.39 is 18.1 Å². The summed E-state index contributed by atoms with van der Waals surface area (Å²) in [7, 11) is 1.73. The molecule has 1 aromatic carbocycles. The molecule has 4 aliphatic heterocycles. The SMILES string of the molecule is CN[C@@H](C)C(=O)N[C@H](C(=O)N1CCC[C@H]1c1nc(C(=O)c2cccc(C(=O)N3CC4CCC3C(=O)O4)c2)cs1)C1CCCCC1. The fraction of sp³-hybridized carbons (Fsp3) is 0.576. The summed E-state index contributed by atoms with van der Waals surface area (Å²) in [4.78, 5) is 74.2. The molecular weight excluding hydrogens is 594 g/mol. The first kappa shape index (κ1) is 31.3. The van der Waals surface area contributed by atoms with Crippen molar-refractivity contribution < 1.29 is 28.7 Å². The van der Waals surface area contributed by atoms with Crippen LogP contribution in [0.25, 0.3) is 0 Å². The minimum atomic E-state index is -0.590. The molecule has 0 spiro atoms. The van der Waals surface area contributed by atoms with E-state index in [0.717, 1.165) is 51.4 Å². The number of morpholine rings is 1. The van der Waals surface area contributed by atoms with E-state index in [1.807, 2.05) is 4.90 Å². The maximum Gasteiger partial charge on any atom is 0.329 e. The molecule has 4 saturated heterocycles. The molecule has 3 amide bonds. The fourth-order valence-electron chi connectivity index (χ4n) is 7.12. The summed E-state index contributed by atoms with van der Waals surface area (Å²) < 4.78 is 5.32. The Morgan fingerprint density at radius 2 is 1.76 bits per heavy atom. The van der Waals surface area contributed by atoms with Crippen molar-refractivity contribution in [3.8, 4) is 0 Å². The molecule has 2 unspecified atom stereocenters. The number of hydrogen-bond donors (Lipinski definition) is 2. The number of nitrogens with one attached hydrogen (secondary N) is 2. The topological polar surface area (TPSA) is 138 Å². The van der Waals surface area contributed by atoms with Crippen LogP contribution in [0.3, 0.4) is 0 Å². The second-order valence-corrected chi connectivity index (χ2v) is 13.6. The Morgan fingerprint density at radius 1 is 0.978 bits per heavy atom. The molecule has 2 N–H and O–H groups in total. The van der Waals surface area contributed by atoms with Crippen LogP contribution in [0, 0.1) is 5.92 Å². The van der Waals surface area contributed by atoms with Crippen LogP contribution in [0.4, 0.5) is 0 Å². The third kappa shape index (κ3) is 6.40. The summed E-state index contributed by atoms with van der Waals surface area (Å²) >= 11 is 1.35. The molecule has 45 heavy (non-hydrogen) atoms. The highest BCUT2D eigenvalue weighted by Gasteiger charge is 2.44. The quantitative estimate of drug-likeness (QED) is 0.317. The number of carbonyl (C=O) groups is 5. The van der Waals surface area contributed by atoms with Crippen molar-refractivity contribution in [3.05, 3.63) is 51.5 Å². The minimum Gasteiger partial charge on any atom is -0.459 e. The van der Waals surface area contributed by atoms with Crippen LogP contribution in [0.2, 0.25) is 0 Å². The minimum absolute atomic E-state index is 0.0781. The summed E-state index contributed by atoms with van der Waals surface area (Å²) in [6.07, 6.45) is 7.65. The maximum absolute atomic E-state index is 14.1. The predicted octanol–water partition coefficient (Wildman–Crippen LogP) is 3.24. The number of hydrogen-bond acceptors (Lipinski definition) is 9. The maximum atomic E-state index is 14.1. The molecule has 2 aromatic rings. The van der Waals surface area contributed by atoms with Crippen molar-refractivity contribution in [1.82, 2.24) is 25.4 Å². The van der Waals surface area contributed by atoms with Crippen LogP contribution in [-0.2, 0) is 19.1 Å². The van der Waals surface area contributed by atoms with E-state index in [4.69, 9.17) is 9.72 Å². The fourth-order valence-corrected chi connectivity index (χ4v) is 8.07. The van der Waals surface area contributed by atoms with Crippen molar-refractivity contribution in [2.24, 2.45) is 5.92 Å². The summed E-state index contributed by atoms with van der Waals surface area (Å²) in [5.41, 5.74) is 0.938. The highest BCUT2D eigenvalue weighted by Crippen LogP contribution is 2.37. The molecule has 5 fully saturated rings. The van der Waals surface area contributed by atoms with Crippen LogP contribution in [0.15, 0.2) is 29.6 Å². The van der Waals surface area contributed by atoms with Crippen molar-refractivity contribution in [2.75, 3.05) is 20.1 Å². The van der Waals surface area contributed by atoms with Gasteiger partial charge in [0.15, 0.2) is 0 Å². The van der Waals surface area contributed by atoms with E-state index in [1.54, 1.807) is 48.5 Å². The number of ketones is 1. The molecule has 11 nitrogen and oxygen atoms in total. The van der Waals surface area contributed by atoms with Crippen LogP contribution in [0.5, 0.6) is 0 Å². The third-order valence-electron chi connectivity index (χ3n) is 9.81. The van der Waals surface area contributed by atoms with Crippen molar-refractivity contribution in [3.63, 3.8) is 0 Å². The van der Waals surface area contributed by atoms with Gasteiger partial charge in [-0.15, -0.1) is 11.3 Å². The average Bonchev–Trinajstić information content (AvgIpc) is 3.77. The van der Waals surface area contributed by atoms with E-state index in [0.29, 0.717) is 35.6 Å². The van der Waals surface area contributed by atoms with Crippen LogP contribution in [0.1, 0.15) is 102 Å². The molecule has 240 valence electrons. The van der Waals surface area contributed by atoms with E-state index in [-0.39, 0.29) is 53.2 Å². The monoisotopic (exact) mass is 635 g/mol. The number of benzene rings is 1. The number of rotatable bonds is 9. The zero-order chi connectivity index (χ0) is 31.7. The third-order valence-corrected chi connectivity index (χ3v) is 10.8. The van der Waals surface area contributed by atoms with E-state index in [1.165, 1.54) is 11.3 Å². The number of likely N-dealkylation sites (tertiary alicyclic amines) is 1. The lowest BCUT2D eigenvalue weighted by atomic mass is 9.83. The van der Waals surface area contributed by atoms with Gasteiger partial charge in [0.1, 0.15) is 28.9 Å². The Labute approximate surface area is 267 Å².